The van der Waals surface area contributed by atoms with Crippen LogP contribution in [0.5, 0.6) is 0 Å². The fourth-order valence-electron chi connectivity index (χ4n) is 2.75. The molecule has 4 heteroatoms. The van der Waals surface area contributed by atoms with Crippen LogP contribution in [-0.4, -0.2) is 17.4 Å². The van der Waals surface area contributed by atoms with Gasteiger partial charge in [0.25, 0.3) is 0 Å². The van der Waals surface area contributed by atoms with Crippen molar-refractivity contribution >= 4 is 21.8 Å². The Balaban J connectivity index is 2.06. The predicted octanol–water partition coefficient (Wildman–Crippen LogP) is 4.37. The van der Waals surface area contributed by atoms with E-state index in [0.29, 0.717) is 30.4 Å². The zero-order chi connectivity index (χ0) is 14.7. The van der Waals surface area contributed by atoms with E-state index < -0.39 is 0 Å². The highest BCUT2D eigenvalue weighted by atomic mass is 79.9. The Morgan fingerprint density at radius 2 is 2.15 bits per heavy atom. The summed E-state index contributed by atoms with van der Waals surface area (Å²) in [6.07, 6.45) is 2.55. The Kier molecular flexibility index (Phi) is 5.19. The quantitative estimate of drug-likeness (QED) is 0.799. The van der Waals surface area contributed by atoms with Crippen molar-refractivity contribution in [3.8, 4) is 0 Å². The monoisotopic (exact) mass is 341 g/mol. The van der Waals surface area contributed by atoms with Gasteiger partial charge in [-0.05, 0) is 36.8 Å². The molecule has 1 aliphatic rings. The van der Waals surface area contributed by atoms with Crippen molar-refractivity contribution in [2.24, 2.45) is 11.8 Å². The second-order valence-electron chi connectivity index (χ2n) is 5.88. The number of hydrogen-bond donors (Lipinski definition) is 0. The van der Waals surface area contributed by atoms with Gasteiger partial charge in [-0.2, -0.15) is 0 Å². The van der Waals surface area contributed by atoms with E-state index >= 15 is 0 Å². The molecule has 0 saturated carbocycles. The third-order valence-electron chi connectivity index (χ3n) is 4.17. The first-order valence-electron chi connectivity index (χ1n) is 7.19. The maximum atomic E-state index is 13.9. The van der Waals surface area contributed by atoms with Crippen molar-refractivity contribution in [2.45, 2.75) is 39.7 Å². The van der Waals surface area contributed by atoms with Gasteiger partial charge in [0.2, 0.25) is 5.91 Å². The molecule has 1 fully saturated rings. The normalized spacial score (nSPS) is 20.4. The van der Waals surface area contributed by atoms with Crippen LogP contribution in [0.25, 0.3) is 0 Å². The highest BCUT2D eigenvalue weighted by Gasteiger charge is 2.24. The average Bonchev–Trinajstić information content (AvgIpc) is 2.56. The van der Waals surface area contributed by atoms with Crippen LogP contribution in [0.3, 0.4) is 0 Å². The predicted molar refractivity (Wildman–Crippen MR) is 81.7 cm³/mol. The van der Waals surface area contributed by atoms with Crippen molar-refractivity contribution in [3.63, 3.8) is 0 Å². The molecule has 2 rings (SSSR count). The molecule has 1 saturated heterocycles. The summed E-state index contributed by atoms with van der Waals surface area (Å²) >= 11 is 3.25. The van der Waals surface area contributed by atoms with E-state index in [1.54, 1.807) is 11.0 Å². The Hall–Kier alpha value is -0.900. The molecule has 1 aromatic carbocycles. The van der Waals surface area contributed by atoms with Crippen molar-refractivity contribution in [1.82, 2.24) is 4.90 Å². The maximum Gasteiger partial charge on any atom is 0.222 e. The summed E-state index contributed by atoms with van der Waals surface area (Å²) in [5.41, 5.74) is 0.588. The minimum Gasteiger partial charge on any atom is -0.338 e. The summed E-state index contributed by atoms with van der Waals surface area (Å²) in [6, 6.07) is 5.02. The second kappa shape index (κ2) is 6.70. The number of hydrogen-bond acceptors (Lipinski definition) is 1. The lowest BCUT2D eigenvalue weighted by Gasteiger charge is -2.22. The molecule has 0 radical (unpaired) electrons. The molecule has 1 heterocycles. The van der Waals surface area contributed by atoms with E-state index in [9.17, 15) is 9.18 Å². The standard InChI is InChI=1S/C16H21BrFNO/c1-11(2)12-4-6-16(20)19(8-7-12)10-13-3-5-14(17)9-15(13)18/h3,5,9,11-12H,4,6-8,10H2,1-2H3. The summed E-state index contributed by atoms with van der Waals surface area (Å²) in [6.45, 7) is 5.53. The van der Waals surface area contributed by atoms with Gasteiger partial charge < -0.3 is 4.90 Å². The topological polar surface area (TPSA) is 20.3 Å². The second-order valence-corrected chi connectivity index (χ2v) is 6.80. The van der Waals surface area contributed by atoms with Gasteiger partial charge in [-0.15, -0.1) is 0 Å². The van der Waals surface area contributed by atoms with Gasteiger partial charge in [-0.3, -0.25) is 4.79 Å². The Morgan fingerprint density at radius 3 is 2.80 bits per heavy atom. The number of likely N-dealkylation sites (tertiary alicyclic amines) is 1. The maximum absolute atomic E-state index is 13.9. The van der Waals surface area contributed by atoms with Gasteiger partial charge in [0, 0.05) is 29.5 Å². The lowest BCUT2D eigenvalue weighted by Crippen LogP contribution is -2.30. The van der Waals surface area contributed by atoms with Gasteiger partial charge in [-0.1, -0.05) is 35.8 Å². The zero-order valence-electron chi connectivity index (χ0n) is 12.0. The average molecular weight is 342 g/mol. The molecule has 1 aromatic rings. The van der Waals surface area contributed by atoms with Crippen LogP contribution < -0.4 is 0 Å². The van der Waals surface area contributed by atoms with Crippen LogP contribution in [-0.2, 0) is 11.3 Å². The third kappa shape index (κ3) is 3.81. The van der Waals surface area contributed by atoms with Crippen molar-refractivity contribution < 1.29 is 9.18 Å². The van der Waals surface area contributed by atoms with Gasteiger partial charge in [-0.25, -0.2) is 4.39 Å². The van der Waals surface area contributed by atoms with Gasteiger partial charge in [0.15, 0.2) is 0 Å². The fourth-order valence-corrected chi connectivity index (χ4v) is 3.08. The Bertz CT molecular complexity index is 489. The number of nitrogens with zero attached hydrogens (tertiary/aromatic N) is 1. The first-order valence-corrected chi connectivity index (χ1v) is 7.98. The molecule has 0 spiro atoms. The molecule has 1 amide bonds. The molecule has 0 N–H and O–H groups in total. The minimum atomic E-state index is -0.253. The smallest absolute Gasteiger partial charge is 0.222 e. The Labute approximate surface area is 128 Å². The summed E-state index contributed by atoms with van der Waals surface area (Å²) in [4.78, 5) is 14.0. The van der Waals surface area contributed by atoms with Gasteiger partial charge in [0.1, 0.15) is 5.82 Å². The number of benzene rings is 1. The lowest BCUT2D eigenvalue weighted by atomic mass is 9.89. The highest BCUT2D eigenvalue weighted by Crippen LogP contribution is 2.26. The van der Waals surface area contributed by atoms with Crippen LogP contribution in [0.15, 0.2) is 22.7 Å². The van der Waals surface area contributed by atoms with Crippen molar-refractivity contribution in [3.05, 3.63) is 34.1 Å². The lowest BCUT2D eigenvalue weighted by molar-refractivity contribution is -0.131. The highest BCUT2D eigenvalue weighted by molar-refractivity contribution is 9.10. The number of amides is 1. The van der Waals surface area contributed by atoms with E-state index in [1.807, 2.05) is 6.07 Å². The number of carbonyl (C=O) groups is 1. The molecule has 1 atom stereocenters. The zero-order valence-corrected chi connectivity index (χ0v) is 13.6. The summed E-state index contributed by atoms with van der Waals surface area (Å²) in [5, 5.41) is 0. The summed E-state index contributed by atoms with van der Waals surface area (Å²) in [7, 11) is 0. The molecular formula is C16H21BrFNO. The summed E-state index contributed by atoms with van der Waals surface area (Å²) in [5.74, 6) is 1.10. The SMILES string of the molecule is CC(C)C1CCC(=O)N(Cc2ccc(Br)cc2F)CC1. The Morgan fingerprint density at radius 1 is 1.40 bits per heavy atom. The van der Waals surface area contributed by atoms with Crippen molar-refractivity contribution in [1.29, 1.82) is 0 Å². The van der Waals surface area contributed by atoms with Crippen LogP contribution in [0.2, 0.25) is 0 Å². The molecule has 0 aliphatic carbocycles. The van der Waals surface area contributed by atoms with Gasteiger partial charge in [0.05, 0.1) is 0 Å². The molecule has 0 aromatic heterocycles. The first kappa shape index (κ1) is 15.5. The van der Waals surface area contributed by atoms with Crippen molar-refractivity contribution in [2.75, 3.05) is 6.54 Å². The molecule has 0 bridgehead atoms. The number of rotatable bonds is 3. The number of carbonyl (C=O) groups excluding carboxylic acids is 1. The van der Waals surface area contributed by atoms with Crippen LogP contribution >= 0.6 is 15.9 Å². The molecule has 1 aliphatic heterocycles. The van der Waals surface area contributed by atoms with E-state index in [4.69, 9.17) is 0 Å². The molecular weight excluding hydrogens is 321 g/mol. The molecule has 2 nitrogen and oxygen atoms in total. The molecule has 110 valence electrons. The van der Waals surface area contributed by atoms with E-state index in [2.05, 4.69) is 29.8 Å². The van der Waals surface area contributed by atoms with Crippen LogP contribution in [0.4, 0.5) is 4.39 Å². The molecule has 20 heavy (non-hydrogen) atoms. The van der Waals surface area contributed by atoms with Crippen LogP contribution in [0, 0.1) is 17.7 Å². The molecule has 1 unspecified atom stereocenters. The van der Waals surface area contributed by atoms with Crippen LogP contribution in [0.1, 0.15) is 38.7 Å². The third-order valence-corrected chi connectivity index (χ3v) is 4.66. The fraction of sp³-hybridized carbons (Fsp3) is 0.562. The van der Waals surface area contributed by atoms with E-state index in [-0.39, 0.29) is 11.7 Å². The summed E-state index contributed by atoms with van der Waals surface area (Å²) < 4.78 is 14.6. The number of halogens is 2. The first-order chi connectivity index (χ1) is 9.47. The minimum absolute atomic E-state index is 0.149. The van der Waals surface area contributed by atoms with E-state index in [1.165, 1.54) is 6.07 Å². The van der Waals surface area contributed by atoms with E-state index in [0.717, 1.165) is 23.9 Å². The largest absolute Gasteiger partial charge is 0.338 e. The van der Waals surface area contributed by atoms with Gasteiger partial charge >= 0.3 is 0 Å².